The average Bonchev–Trinajstić information content (AvgIpc) is 2.68. The molecule has 0 heterocycles. The van der Waals surface area contributed by atoms with Gasteiger partial charge in [0.15, 0.2) is 0 Å². The predicted octanol–water partition coefficient (Wildman–Crippen LogP) is 4.09. The van der Waals surface area contributed by atoms with E-state index in [1.54, 1.807) is 55.6 Å². The van der Waals surface area contributed by atoms with E-state index in [2.05, 4.69) is 10.6 Å². The van der Waals surface area contributed by atoms with Crippen LogP contribution < -0.4 is 15.4 Å². The van der Waals surface area contributed by atoms with Crippen molar-refractivity contribution in [3.05, 3.63) is 90.0 Å². The summed E-state index contributed by atoms with van der Waals surface area (Å²) in [5, 5.41) is 5.36. The molecule has 0 unspecified atom stereocenters. The SMILES string of the molecule is CNC(=O)c1cccc(NC(=O)c2ccccc2Oc2ccccc2)c1. The lowest BCUT2D eigenvalue weighted by Crippen LogP contribution is -2.18. The molecule has 0 fully saturated rings. The van der Waals surface area contributed by atoms with Crippen molar-refractivity contribution < 1.29 is 14.3 Å². The Morgan fingerprint density at radius 1 is 0.808 bits per heavy atom. The van der Waals surface area contributed by atoms with Gasteiger partial charge in [-0.15, -0.1) is 0 Å². The number of anilines is 1. The Kier molecular flexibility index (Phi) is 5.29. The van der Waals surface area contributed by atoms with Gasteiger partial charge in [-0.25, -0.2) is 0 Å². The molecule has 0 aromatic heterocycles. The van der Waals surface area contributed by atoms with E-state index in [1.165, 1.54) is 0 Å². The van der Waals surface area contributed by atoms with Crippen LogP contribution in [-0.2, 0) is 0 Å². The molecule has 2 N–H and O–H groups in total. The predicted molar refractivity (Wildman–Crippen MR) is 101 cm³/mol. The Morgan fingerprint density at radius 2 is 1.54 bits per heavy atom. The van der Waals surface area contributed by atoms with Crippen LogP contribution in [0, 0.1) is 0 Å². The zero-order valence-corrected chi connectivity index (χ0v) is 14.2. The Labute approximate surface area is 151 Å². The van der Waals surface area contributed by atoms with Crippen LogP contribution in [0.25, 0.3) is 0 Å². The number of ether oxygens (including phenoxy) is 1. The molecule has 26 heavy (non-hydrogen) atoms. The smallest absolute Gasteiger partial charge is 0.259 e. The first-order valence-electron chi connectivity index (χ1n) is 8.13. The van der Waals surface area contributed by atoms with Gasteiger partial charge in [-0.3, -0.25) is 9.59 Å². The maximum Gasteiger partial charge on any atom is 0.259 e. The van der Waals surface area contributed by atoms with Gasteiger partial charge in [-0.1, -0.05) is 36.4 Å². The highest BCUT2D eigenvalue weighted by molar-refractivity contribution is 6.06. The fraction of sp³-hybridized carbons (Fsp3) is 0.0476. The summed E-state index contributed by atoms with van der Waals surface area (Å²) in [6.07, 6.45) is 0. The molecule has 2 amide bonds. The fourth-order valence-corrected chi connectivity index (χ4v) is 2.44. The molecular formula is C21H18N2O3. The average molecular weight is 346 g/mol. The number of para-hydroxylation sites is 2. The van der Waals surface area contributed by atoms with E-state index in [0.717, 1.165) is 0 Å². The molecular weight excluding hydrogens is 328 g/mol. The highest BCUT2D eigenvalue weighted by Crippen LogP contribution is 2.26. The van der Waals surface area contributed by atoms with E-state index in [1.807, 2.05) is 30.3 Å². The second kappa shape index (κ2) is 7.98. The molecule has 0 radical (unpaired) electrons. The highest BCUT2D eigenvalue weighted by Gasteiger charge is 2.14. The molecule has 0 atom stereocenters. The van der Waals surface area contributed by atoms with Crippen molar-refractivity contribution in [3.8, 4) is 11.5 Å². The minimum atomic E-state index is -0.314. The van der Waals surface area contributed by atoms with Gasteiger partial charge in [0, 0.05) is 18.3 Å². The van der Waals surface area contributed by atoms with Gasteiger partial charge >= 0.3 is 0 Å². The van der Waals surface area contributed by atoms with Crippen LogP contribution in [0.4, 0.5) is 5.69 Å². The van der Waals surface area contributed by atoms with Crippen LogP contribution in [-0.4, -0.2) is 18.9 Å². The number of amides is 2. The van der Waals surface area contributed by atoms with Gasteiger partial charge in [-0.05, 0) is 42.5 Å². The van der Waals surface area contributed by atoms with Gasteiger partial charge < -0.3 is 15.4 Å². The van der Waals surface area contributed by atoms with Gasteiger partial charge in [0.05, 0.1) is 5.56 Å². The molecule has 3 rings (SSSR count). The standard InChI is InChI=1S/C21H18N2O3/c1-22-20(24)15-8-7-9-16(14-15)23-21(25)18-12-5-6-13-19(18)26-17-10-3-2-4-11-17/h2-14H,1H3,(H,22,24)(H,23,25). The summed E-state index contributed by atoms with van der Waals surface area (Å²) < 4.78 is 5.82. The van der Waals surface area contributed by atoms with Crippen LogP contribution in [0.3, 0.4) is 0 Å². The number of rotatable bonds is 5. The first-order valence-corrected chi connectivity index (χ1v) is 8.13. The molecule has 0 aliphatic heterocycles. The van der Waals surface area contributed by atoms with Gasteiger partial charge in [0.1, 0.15) is 11.5 Å². The van der Waals surface area contributed by atoms with E-state index in [0.29, 0.717) is 28.3 Å². The van der Waals surface area contributed by atoms with Gasteiger partial charge in [-0.2, -0.15) is 0 Å². The first kappa shape index (κ1) is 17.2. The van der Waals surface area contributed by atoms with Crippen molar-refractivity contribution in [2.75, 3.05) is 12.4 Å². The summed E-state index contributed by atoms with van der Waals surface area (Å²) in [7, 11) is 1.56. The van der Waals surface area contributed by atoms with Crippen molar-refractivity contribution >= 4 is 17.5 Å². The summed E-state index contributed by atoms with van der Waals surface area (Å²) >= 11 is 0. The third-order valence-corrected chi connectivity index (χ3v) is 3.71. The van der Waals surface area contributed by atoms with Crippen LogP contribution in [0.1, 0.15) is 20.7 Å². The van der Waals surface area contributed by atoms with Crippen molar-refractivity contribution in [2.24, 2.45) is 0 Å². The van der Waals surface area contributed by atoms with E-state index < -0.39 is 0 Å². The largest absolute Gasteiger partial charge is 0.457 e. The summed E-state index contributed by atoms with van der Waals surface area (Å²) in [6.45, 7) is 0. The lowest BCUT2D eigenvalue weighted by Gasteiger charge is -2.12. The monoisotopic (exact) mass is 346 g/mol. The van der Waals surface area contributed by atoms with Crippen molar-refractivity contribution in [1.82, 2.24) is 5.32 Å². The summed E-state index contributed by atoms with van der Waals surface area (Å²) in [5.74, 6) is 0.576. The van der Waals surface area contributed by atoms with E-state index in [4.69, 9.17) is 4.74 Å². The molecule has 0 bridgehead atoms. The number of hydrogen-bond acceptors (Lipinski definition) is 3. The van der Waals surface area contributed by atoms with Gasteiger partial charge in [0.25, 0.3) is 11.8 Å². The normalized spacial score (nSPS) is 10.0. The second-order valence-electron chi connectivity index (χ2n) is 5.53. The molecule has 3 aromatic carbocycles. The fourth-order valence-electron chi connectivity index (χ4n) is 2.44. The zero-order chi connectivity index (χ0) is 18.4. The zero-order valence-electron chi connectivity index (χ0n) is 14.2. The number of carbonyl (C=O) groups is 2. The third-order valence-electron chi connectivity index (χ3n) is 3.71. The van der Waals surface area contributed by atoms with E-state index in [-0.39, 0.29) is 11.8 Å². The first-order chi connectivity index (χ1) is 12.7. The molecule has 5 nitrogen and oxygen atoms in total. The molecule has 0 spiro atoms. The minimum Gasteiger partial charge on any atom is -0.457 e. The Morgan fingerprint density at radius 3 is 2.31 bits per heavy atom. The number of benzene rings is 3. The second-order valence-corrected chi connectivity index (χ2v) is 5.53. The van der Waals surface area contributed by atoms with E-state index >= 15 is 0 Å². The number of nitrogens with one attached hydrogen (secondary N) is 2. The maximum absolute atomic E-state index is 12.7. The van der Waals surface area contributed by atoms with E-state index in [9.17, 15) is 9.59 Å². The molecule has 0 saturated carbocycles. The molecule has 3 aromatic rings. The van der Waals surface area contributed by atoms with Crippen molar-refractivity contribution in [1.29, 1.82) is 0 Å². The lowest BCUT2D eigenvalue weighted by molar-refractivity contribution is 0.0961. The van der Waals surface area contributed by atoms with Crippen molar-refractivity contribution in [3.63, 3.8) is 0 Å². The quantitative estimate of drug-likeness (QED) is 0.731. The molecule has 0 aliphatic rings. The summed E-state index contributed by atoms with van der Waals surface area (Å²) in [5.41, 5.74) is 1.41. The van der Waals surface area contributed by atoms with Gasteiger partial charge in [0.2, 0.25) is 0 Å². The molecule has 0 aliphatic carbocycles. The molecule has 0 saturated heterocycles. The third kappa shape index (κ3) is 4.08. The van der Waals surface area contributed by atoms with Crippen molar-refractivity contribution in [2.45, 2.75) is 0 Å². The molecule has 5 heteroatoms. The van der Waals surface area contributed by atoms with Crippen LogP contribution in [0.2, 0.25) is 0 Å². The topological polar surface area (TPSA) is 67.4 Å². The number of hydrogen-bond donors (Lipinski definition) is 2. The molecule has 130 valence electrons. The summed E-state index contributed by atoms with van der Waals surface area (Å²) in [4.78, 5) is 24.4. The van der Waals surface area contributed by atoms with Crippen LogP contribution in [0.15, 0.2) is 78.9 Å². The Bertz CT molecular complexity index is 923. The van der Waals surface area contributed by atoms with Crippen LogP contribution in [0.5, 0.6) is 11.5 Å². The Hall–Kier alpha value is -3.60. The number of carbonyl (C=O) groups excluding carboxylic acids is 2. The maximum atomic E-state index is 12.7. The lowest BCUT2D eigenvalue weighted by atomic mass is 10.1. The summed E-state index contributed by atoms with van der Waals surface area (Å²) in [6, 6.07) is 23.0. The minimum absolute atomic E-state index is 0.214. The Balaban J connectivity index is 1.81. The highest BCUT2D eigenvalue weighted by atomic mass is 16.5. The van der Waals surface area contributed by atoms with Crippen LogP contribution >= 0.6 is 0 Å².